The fourth-order valence-corrected chi connectivity index (χ4v) is 3.15. The summed E-state index contributed by atoms with van der Waals surface area (Å²) in [7, 11) is 0. The maximum Gasteiger partial charge on any atom is 0.322 e. The normalized spacial score (nSPS) is 10.5. The molecule has 2 aromatic carbocycles. The number of anilines is 1. The van der Waals surface area contributed by atoms with E-state index in [1.165, 1.54) is 12.1 Å². The first-order valence-electron chi connectivity index (χ1n) is 10.0. The Morgan fingerprint density at radius 1 is 1.26 bits per heavy atom. The third-order valence-corrected chi connectivity index (χ3v) is 4.63. The number of amides is 2. The molecule has 1 heterocycles. The van der Waals surface area contributed by atoms with Gasteiger partial charge >= 0.3 is 6.03 Å². The Labute approximate surface area is 180 Å². The van der Waals surface area contributed by atoms with Crippen LogP contribution in [0.2, 0.25) is 0 Å². The lowest BCUT2D eigenvalue weighted by atomic mass is 10.2. The largest absolute Gasteiger partial charge is 0.494 e. The number of nitro benzene ring substituents is 1. The van der Waals surface area contributed by atoms with Gasteiger partial charge in [0.2, 0.25) is 0 Å². The van der Waals surface area contributed by atoms with Crippen molar-refractivity contribution in [3.63, 3.8) is 0 Å². The number of rotatable bonds is 10. The second-order valence-corrected chi connectivity index (χ2v) is 6.85. The van der Waals surface area contributed by atoms with E-state index in [0.29, 0.717) is 31.9 Å². The van der Waals surface area contributed by atoms with E-state index in [2.05, 4.69) is 10.3 Å². The molecule has 0 saturated heterocycles. The van der Waals surface area contributed by atoms with Gasteiger partial charge in [0, 0.05) is 48.9 Å². The summed E-state index contributed by atoms with van der Waals surface area (Å²) in [5, 5.41) is 13.8. The summed E-state index contributed by atoms with van der Waals surface area (Å²) >= 11 is 0. The number of para-hydroxylation sites is 1. The van der Waals surface area contributed by atoms with Gasteiger partial charge in [-0.25, -0.2) is 9.78 Å². The van der Waals surface area contributed by atoms with Crippen LogP contribution in [0.15, 0.2) is 67.3 Å². The summed E-state index contributed by atoms with van der Waals surface area (Å²) in [6.45, 7) is 3.99. The Balaban J connectivity index is 1.74. The number of nitrogens with one attached hydrogen (secondary N) is 1. The lowest BCUT2D eigenvalue weighted by Gasteiger charge is -2.24. The number of ether oxygens (including phenoxy) is 1. The van der Waals surface area contributed by atoms with E-state index in [0.717, 1.165) is 17.7 Å². The van der Waals surface area contributed by atoms with E-state index in [1.807, 2.05) is 42.0 Å². The monoisotopic (exact) mass is 423 g/mol. The predicted octanol–water partition coefficient (Wildman–Crippen LogP) is 4.31. The molecule has 162 valence electrons. The van der Waals surface area contributed by atoms with E-state index in [-0.39, 0.29) is 11.7 Å². The zero-order chi connectivity index (χ0) is 22.1. The molecule has 9 heteroatoms. The average Bonchev–Trinajstić information content (AvgIpc) is 3.28. The number of nitrogens with zero attached hydrogens (tertiary/aromatic N) is 4. The van der Waals surface area contributed by atoms with Gasteiger partial charge in [-0.1, -0.05) is 24.3 Å². The Bertz CT molecular complexity index is 1010. The van der Waals surface area contributed by atoms with Crippen LogP contribution in [0, 0.1) is 10.1 Å². The minimum absolute atomic E-state index is 0.0776. The molecule has 0 saturated carbocycles. The smallest absolute Gasteiger partial charge is 0.322 e. The van der Waals surface area contributed by atoms with E-state index in [4.69, 9.17) is 4.74 Å². The van der Waals surface area contributed by atoms with Crippen molar-refractivity contribution in [2.24, 2.45) is 0 Å². The number of urea groups is 1. The topological polar surface area (TPSA) is 103 Å². The first-order valence-corrected chi connectivity index (χ1v) is 10.0. The van der Waals surface area contributed by atoms with Crippen LogP contribution in [0.5, 0.6) is 5.75 Å². The first-order chi connectivity index (χ1) is 15.1. The van der Waals surface area contributed by atoms with Crippen molar-refractivity contribution < 1.29 is 14.5 Å². The van der Waals surface area contributed by atoms with Gasteiger partial charge in [0.05, 0.1) is 24.4 Å². The first kappa shape index (κ1) is 21.8. The average molecular weight is 423 g/mol. The molecule has 1 N–H and O–H groups in total. The highest BCUT2D eigenvalue weighted by atomic mass is 16.6. The van der Waals surface area contributed by atoms with Crippen molar-refractivity contribution >= 4 is 17.4 Å². The summed E-state index contributed by atoms with van der Waals surface area (Å²) in [5.41, 5.74) is 1.18. The molecule has 9 nitrogen and oxygen atoms in total. The molecule has 0 atom stereocenters. The molecule has 0 aliphatic carbocycles. The predicted molar refractivity (Wildman–Crippen MR) is 117 cm³/mol. The SMILES string of the molecule is CCOc1ccccc1CN(CCCn1ccnc1)C(=O)Nc1cccc([N+](=O)[O-])c1. The fraction of sp³-hybridized carbons (Fsp3) is 0.273. The van der Waals surface area contributed by atoms with Crippen LogP contribution in [0.25, 0.3) is 0 Å². The maximum absolute atomic E-state index is 13.0. The number of carbonyl (C=O) groups excluding carboxylic acids is 1. The number of carbonyl (C=O) groups is 1. The fourth-order valence-electron chi connectivity index (χ4n) is 3.15. The van der Waals surface area contributed by atoms with Crippen LogP contribution in [0.4, 0.5) is 16.2 Å². The molecule has 31 heavy (non-hydrogen) atoms. The number of imidazole rings is 1. The molecule has 0 spiro atoms. The Morgan fingerprint density at radius 2 is 2.10 bits per heavy atom. The number of aromatic nitrogens is 2. The minimum atomic E-state index is -0.489. The van der Waals surface area contributed by atoms with Gasteiger partial charge in [-0.15, -0.1) is 0 Å². The molecule has 0 aliphatic rings. The molecular formula is C22H25N5O4. The molecule has 3 aromatic rings. The lowest BCUT2D eigenvalue weighted by molar-refractivity contribution is -0.384. The van der Waals surface area contributed by atoms with Crippen molar-refractivity contribution in [3.05, 3.63) is 82.9 Å². The highest BCUT2D eigenvalue weighted by molar-refractivity contribution is 5.89. The summed E-state index contributed by atoms with van der Waals surface area (Å²) in [4.78, 5) is 29.3. The van der Waals surface area contributed by atoms with Crippen molar-refractivity contribution in [2.75, 3.05) is 18.5 Å². The van der Waals surface area contributed by atoms with E-state index in [9.17, 15) is 14.9 Å². The molecule has 0 bridgehead atoms. The number of nitro groups is 1. The minimum Gasteiger partial charge on any atom is -0.494 e. The molecule has 0 fully saturated rings. The number of hydrogen-bond acceptors (Lipinski definition) is 5. The Morgan fingerprint density at radius 3 is 2.84 bits per heavy atom. The quantitative estimate of drug-likeness (QED) is 0.387. The van der Waals surface area contributed by atoms with Crippen molar-refractivity contribution in [1.82, 2.24) is 14.5 Å². The highest BCUT2D eigenvalue weighted by Crippen LogP contribution is 2.22. The zero-order valence-electron chi connectivity index (χ0n) is 17.3. The van der Waals surface area contributed by atoms with Crippen LogP contribution < -0.4 is 10.1 Å². The summed E-state index contributed by atoms with van der Waals surface area (Å²) in [5.74, 6) is 0.729. The van der Waals surface area contributed by atoms with Gasteiger partial charge in [-0.2, -0.15) is 0 Å². The molecule has 0 radical (unpaired) electrons. The van der Waals surface area contributed by atoms with E-state index < -0.39 is 4.92 Å². The summed E-state index contributed by atoms with van der Waals surface area (Å²) in [6.07, 6.45) is 6.04. The molecule has 0 aliphatic heterocycles. The summed E-state index contributed by atoms with van der Waals surface area (Å²) in [6, 6.07) is 13.2. The molecule has 0 unspecified atom stereocenters. The lowest BCUT2D eigenvalue weighted by Crippen LogP contribution is -2.35. The van der Waals surface area contributed by atoms with Crippen LogP contribution >= 0.6 is 0 Å². The molecular weight excluding hydrogens is 398 g/mol. The van der Waals surface area contributed by atoms with Crippen LogP contribution in [0.3, 0.4) is 0 Å². The third-order valence-electron chi connectivity index (χ3n) is 4.63. The van der Waals surface area contributed by atoms with Crippen molar-refractivity contribution in [2.45, 2.75) is 26.4 Å². The second-order valence-electron chi connectivity index (χ2n) is 6.85. The van der Waals surface area contributed by atoms with Crippen molar-refractivity contribution in [1.29, 1.82) is 0 Å². The van der Waals surface area contributed by atoms with Gasteiger partial charge in [0.25, 0.3) is 5.69 Å². The van der Waals surface area contributed by atoms with Crippen molar-refractivity contribution in [3.8, 4) is 5.75 Å². The van der Waals surface area contributed by atoms with Crippen LogP contribution in [-0.4, -0.2) is 38.6 Å². The molecule has 1 aromatic heterocycles. The molecule has 2 amide bonds. The maximum atomic E-state index is 13.0. The van der Waals surface area contributed by atoms with Crippen LogP contribution in [-0.2, 0) is 13.1 Å². The molecule has 3 rings (SSSR count). The highest BCUT2D eigenvalue weighted by Gasteiger charge is 2.17. The summed E-state index contributed by atoms with van der Waals surface area (Å²) < 4.78 is 7.64. The van der Waals surface area contributed by atoms with Gasteiger partial charge in [-0.3, -0.25) is 10.1 Å². The van der Waals surface area contributed by atoms with Gasteiger partial charge in [-0.05, 0) is 25.5 Å². The number of benzene rings is 2. The van der Waals surface area contributed by atoms with Gasteiger partial charge in [0.15, 0.2) is 0 Å². The number of aryl methyl sites for hydroxylation is 1. The van der Waals surface area contributed by atoms with Gasteiger partial charge in [0.1, 0.15) is 5.75 Å². The number of non-ortho nitro benzene ring substituents is 1. The number of hydrogen-bond donors (Lipinski definition) is 1. The Hall–Kier alpha value is -3.88. The second kappa shape index (κ2) is 10.8. The van der Waals surface area contributed by atoms with E-state index in [1.54, 1.807) is 29.6 Å². The van der Waals surface area contributed by atoms with Gasteiger partial charge < -0.3 is 19.5 Å². The standard InChI is InChI=1S/C22H25N5O4/c1-2-31-21-10-4-3-7-18(21)16-26(13-6-12-25-14-11-23-17-25)22(28)24-19-8-5-9-20(15-19)27(29)30/h3-5,7-11,14-15,17H,2,6,12-13,16H2,1H3,(H,24,28). The Kier molecular flexibility index (Phi) is 7.58. The third kappa shape index (κ3) is 6.30. The zero-order valence-corrected chi connectivity index (χ0v) is 17.3. The van der Waals surface area contributed by atoms with Crippen LogP contribution in [0.1, 0.15) is 18.9 Å². The van der Waals surface area contributed by atoms with E-state index >= 15 is 0 Å².